The number of ether oxygens (including phenoxy) is 2. The fourth-order valence-corrected chi connectivity index (χ4v) is 3.47. The normalized spacial score (nSPS) is 10.5. The minimum absolute atomic E-state index is 0.448. The molecule has 0 spiro atoms. The summed E-state index contributed by atoms with van der Waals surface area (Å²) in [7, 11) is 1.60. The molecule has 0 atom stereocenters. The van der Waals surface area contributed by atoms with Crippen molar-refractivity contribution in [2.45, 2.75) is 13.2 Å². The number of halogens is 3. The van der Waals surface area contributed by atoms with Crippen molar-refractivity contribution >= 4 is 44.8 Å². The molecule has 3 aromatic carbocycles. The molecule has 0 heterocycles. The number of hydrogen-bond donors (Lipinski definition) is 1. The monoisotopic (exact) mass is 465 g/mol. The molecule has 0 unspecified atom stereocenters. The van der Waals surface area contributed by atoms with E-state index in [4.69, 9.17) is 32.7 Å². The van der Waals surface area contributed by atoms with Gasteiger partial charge in [0.25, 0.3) is 0 Å². The molecule has 140 valence electrons. The smallest absolute Gasteiger partial charge is 0.137 e. The average Bonchev–Trinajstić information content (AvgIpc) is 2.66. The first-order valence-electron chi connectivity index (χ1n) is 8.28. The maximum atomic E-state index is 6.19. The van der Waals surface area contributed by atoms with E-state index in [1.807, 2.05) is 60.7 Å². The number of benzene rings is 3. The summed E-state index contributed by atoms with van der Waals surface area (Å²) in [5, 5.41) is 4.63. The molecule has 0 aliphatic carbocycles. The summed E-state index contributed by atoms with van der Waals surface area (Å²) in [5.41, 5.74) is 2.95. The Balaban J connectivity index is 1.71. The van der Waals surface area contributed by atoms with Crippen LogP contribution in [0.5, 0.6) is 11.5 Å². The molecule has 6 heteroatoms. The van der Waals surface area contributed by atoms with Crippen molar-refractivity contribution in [3.8, 4) is 11.5 Å². The molecule has 0 saturated carbocycles. The number of nitrogens with one attached hydrogen (secondary N) is 1. The molecule has 0 aliphatic rings. The summed E-state index contributed by atoms with van der Waals surface area (Å²) in [4.78, 5) is 0. The van der Waals surface area contributed by atoms with Gasteiger partial charge in [0.05, 0.1) is 12.1 Å². The first-order valence-corrected chi connectivity index (χ1v) is 9.83. The van der Waals surface area contributed by atoms with Crippen LogP contribution in [0.3, 0.4) is 0 Å². The lowest BCUT2D eigenvalue weighted by molar-refractivity contribution is 0.303. The van der Waals surface area contributed by atoms with Gasteiger partial charge in [0, 0.05) is 27.3 Å². The van der Waals surface area contributed by atoms with Crippen LogP contribution >= 0.6 is 39.1 Å². The summed E-state index contributed by atoms with van der Waals surface area (Å²) in [6.45, 7) is 1.04. The van der Waals surface area contributed by atoms with E-state index in [1.54, 1.807) is 7.11 Å². The van der Waals surface area contributed by atoms with E-state index in [0.717, 1.165) is 27.0 Å². The molecule has 0 amide bonds. The van der Waals surface area contributed by atoms with Gasteiger partial charge in [-0.1, -0.05) is 51.3 Å². The van der Waals surface area contributed by atoms with Crippen LogP contribution in [0.2, 0.25) is 10.0 Å². The maximum Gasteiger partial charge on any atom is 0.137 e. The lowest BCUT2D eigenvalue weighted by Gasteiger charge is -2.14. The fourth-order valence-electron chi connectivity index (χ4n) is 2.59. The van der Waals surface area contributed by atoms with E-state index >= 15 is 0 Å². The topological polar surface area (TPSA) is 30.5 Å². The van der Waals surface area contributed by atoms with Gasteiger partial charge < -0.3 is 14.8 Å². The van der Waals surface area contributed by atoms with Crippen molar-refractivity contribution in [1.82, 2.24) is 0 Å². The van der Waals surface area contributed by atoms with E-state index in [0.29, 0.717) is 28.9 Å². The molecule has 27 heavy (non-hydrogen) atoms. The van der Waals surface area contributed by atoms with Crippen LogP contribution < -0.4 is 14.8 Å². The Hall–Kier alpha value is -1.88. The first kappa shape index (κ1) is 19.9. The third-order valence-corrected chi connectivity index (χ3v) is 4.96. The Morgan fingerprint density at radius 1 is 0.963 bits per heavy atom. The standard InChI is InChI=1S/C21H18BrCl2NO2/c1-26-21-8-6-18(11-19(21)24)25-12-15-10-16(22)5-7-20(15)27-13-14-3-2-4-17(23)9-14/h2-11,25H,12-13H2,1H3. The first-order chi connectivity index (χ1) is 13.0. The Bertz CT molecular complexity index is 934. The molecule has 0 fully saturated rings. The van der Waals surface area contributed by atoms with Gasteiger partial charge >= 0.3 is 0 Å². The van der Waals surface area contributed by atoms with Crippen molar-refractivity contribution in [1.29, 1.82) is 0 Å². The highest BCUT2D eigenvalue weighted by molar-refractivity contribution is 9.10. The van der Waals surface area contributed by atoms with Crippen molar-refractivity contribution in [3.63, 3.8) is 0 Å². The third kappa shape index (κ3) is 5.55. The Morgan fingerprint density at radius 3 is 2.52 bits per heavy atom. The zero-order valence-electron chi connectivity index (χ0n) is 14.6. The summed E-state index contributed by atoms with van der Waals surface area (Å²) >= 11 is 15.7. The predicted octanol–water partition coefficient (Wildman–Crippen LogP) is 6.96. The van der Waals surface area contributed by atoms with Crippen LogP contribution in [-0.2, 0) is 13.2 Å². The van der Waals surface area contributed by atoms with Crippen LogP contribution in [0.4, 0.5) is 5.69 Å². The second kappa shape index (κ2) is 9.36. The molecule has 0 saturated heterocycles. The van der Waals surface area contributed by atoms with Crippen molar-refractivity contribution in [3.05, 3.63) is 86.3 Å². The van der Waals surface area contributed by atoms with Gasteiger partial charge in [-0.2, -0.15) is 0 Å². The van der Waals surface area contributed by atoms with Crippen LogP contribution in [0.25, 0.3) is 0 Å². The molecule has 0 radical (unpaired) electrons. The van der Waals surface area contributed by atoms with Gasteiger partial charge in [0.2, 0.25) is 0 Å². The van der Waals surface area contributed by atoms with Crippen LogP contribution in [0.1, 0.15) is 11.1 Å². The van der Waals surface area contributed by atoms with Gasteiger partial charge in [-0.15, -0.1) is 0 Å². The molecule has 3 aromatic rings. The molecule has 0 aromatic heterocycles. The SMILES string of the molecule is COc1ccc(NCc2cc(Br)ccc2OCc2cccc(Cl)c2)cc1Cl. The zero-order chi connectivity index (χ0) is 19.2. The Morgan fingerprint density at radius 2 is 1.78 bits per heavy atom. The molecular formula is C21H18BrCl2NO2. The Labute approximate surface area is 177 Å². The van der Waals surface area contributed by atoms with E-state index in [2.05, 4.69) is 21.2 Å². The maximum absolute atomic E-state index is 6.19. The highest BCUT2D eigenvalue weighted by atomic mass is 79.9. The second-order valence-corrected chi connectivity index (χ2v) is 7.63. The molecule has 0 aliphatic heterocycles. The largest absolute Gasteiger partial charge is 0.495 e. The molecule has 1 N–H and O–H groups in total. The number of methoxy groups -OCH3 is 1. The summed E-state index contributed by atoms with van der Waals surface area (Å²) in [5.74, 6) is 1.46. The summed E-state index contributed by atoms with van der Waals surface area (Å²) < 4.78 is 12.2. The van der Waals surface area contributed by atoms with Gasteiger partial charge in [-0.3, -0.25) is 0 Å². The van der Waals surface area contributed by atoms with Crippen LogP contribution in [0, 0.1) is 0 Å². The minimum Gasteiger partial charge on any atom is -0.495 e. The Kier molecular flexibility index (Phi) is 6.89. The number of rotatable bonds is 7. The number of anilines is 1. The van der Waals surface area contributed by atoms with Crippen molar-refractivity contribution < 1.29 is 9.47 Å². The molecule has 3 rings (SSSR count). The third-order valence-electron chi connectivity index (χ3n) is 3.94. The highest BCUT2D eigenvalue weighted by Gasteiger charge is 2.07. The lowest BCUT2D eigenvalue weighted by Crippen LogP contribution is -2.04. The summed E-state index contributed by atoms with van der Waals surface area (Å²) in [6, 6.07) is 19.2. The number of hydrogen-bond acceptors (Lipinski definition) is 3. The van der Waals surface area contributed by atoms with E-state index in [9.17, 15) is 0 Å². The van der Waals surface area contributed by atoms with Gasteiger partial charge in [0.15, 0.2) is 0 Å². The quantitative estimate of drug-likeness (QED) is 0.408. The minimum atomic E-state index is 0.448. The second-order valence-electron chi connectivity index (χ2n) is 5.87. The highest BCUT2D eigenvalue weighted by Crippen LogP contribution is 2.29. The van der Waals surface area contributed by atoms with Crippen LogP contribution in [0.15, 0.2) is 65.1 Å². The van der Waals surface area contributed by atoms with E-state index < -0.39 is 0 Å². The van der Waals surface area contributed by atoms with E-state index in [-0.39, 0.29) is 0 Å². The van der Waals surface area contributed by atoms with Gasteiger partial charge in [0.1, 0.15) is 18.1 Å². The fraction of sp³-hybridized carbons (Fsp3) is 0.143. The lowest BCUT2D eigenvalue weighted by atomic mass is 10.2. The van der Waals surface area contributed by atoms with Crippen molar-refractivity contribution in [2.24, 2.45) is 0 Å². The average molecular weight is 467 g/mol. The van der Waals surface area contributed by atoms with Gasteiger partial charge in [-0.25, -0.2) is 0 Å². The molecule has 0 bridgehead atoms. The zero-order valence-corrected chi connectivity index (χ0v) is 17.7. The molecule has 3 nitrogen and oxygen atoms in total. The summed E-state index contributed by atoms with van der Waals surface area (Å²) in [6.07, 6.45) is 0. The van der Waals surface area contributed by atoms with Crippen molar-refractivity contribution in [2.75, 3.05) is 12.4 Å². The van der Waals surface area contributed by atoms with Crippen LogP contribution in [-0.4, -0.2) is 7.11 Å². The van der Waals surface area contributed by atoms with Gasteiger partial charge in [-0.05, 0) is 54.1 Å². The molecular weight excluding hydrogens is 449 g/mol. The predicted molar refractivity (Wildman–Crippen MR) is 115 cm³/mol. The van der Waals surface area contributed by atoms with E-state index in [1.165, 1.54) is 0 Å².